The Kier molecular flexibility index (Phi) is 4.43. The molecule has 6 nitrogen and oxygen atoms in total. The smallest absolute Gasteiger partial charge is 0.244 e. The number of hydrogen-bond acceptors (Lipinski definition) is 5. The van der Waals surface area contributed by atoms with Gasteiger partial charge in [0.2, 0.25) is 10.0 Å². The van der Waals surface area contributed by atoms with Gasteiger partial charge in [0.1, 0.15) is 4.90 Å². The van der Waals surface area contributed by atoms with Crippen molar-refractivity contribution in [1.29, 1.82) is 0 Å². The zero-order chi connectivity index (χ0) is 14.8. The normalized spacial score (nSPS) is 19.1. The standard InChI is InChI=1S/C13H22N4O2S/c1-13(2,11-14)16-6-8-17(9-7-16)20(18,19)12-4-3-5-15-10-12/h3-5,10H,6-9,11,14H2,1-2H3. The SMILES string of the molecule is CC(C)(CN)N1CCN(S(=O)(=O)c2cccnc2)CC1. The van der Waals surface area contributed by atoms with Crippen LogP contribution >= 0.6 is 0 Å². The van der Waals surface area contributed by atoms with Crippen LogP contribution in [-0.2, 0) is 10.0 Å². The van der Waals surface area contributed by atoms with Gasteiger partial charge in [-0.15, -0.1) is 0 Å². The molecule has 0 amide bonds. The minimum atomic E-state index is -3.42. The van der Waals surface area contributed by atoms with Crippen molar-refractivity contribution in [2.24, 2.45) is 5.73 Å². The Morgan fingerprint density at radius 2 is 1.95 bits per heavy atom. The Morgan fingerprint density at radius 1 is 1.30 bits per heavy atom. The molecule has 2 rings (SSSR count). The maximum Gasteiger partial charge on any atom is 0.244 e. The number of aromatic nitrogens is 1. The molecule has 1 fully saturated rings. The molecular weight excluding hydrogens is 276 g/mol. The molecule has 0 radical (unpaired) electrons. The molecule has 0 spiro atoms. The van der Waals surface area contributed by atoms with E-state index in [4.69, 9.17) is 5.73 Å². The van der Waals surface area contributed by atoms with E-state index in [2.05, 4.69) is 23.7 Å². The highest BCUT2D eigenvalue weighted by Gasteiger charge is 2.33. The van der Waals surface area contributed by atoms with Crippen molar-refractivity contribution in [3.05, 3.63) is 24.5 Å². The van der Waals surface area contributed by atoms with Crippen LogP contribution in [0.4, 0.5) is 0 Å². The van der Waals surface area contributed by atoms with Crippen molar-refractivity contribution in [2.75, 3.05) is 32.7 Å². The molecule has 2 heterocycles. The molecule has 112 valence electrons. The molecule has 1 aromatic heterocycles. The topological polar surface area (TPSA) is 79.5 Å². The lowest BCUT2D eigenvalue weighted by Crippen LogP contribution is -2.58. The Hall–Kier alpha value is -1.02. The molecule has 1 saturated heterocycles. The molecule has 1 aromatic rings. The first kappa shape index (κ1) is 15.4. The Morgan fingerprint density at radius 3 is 2.45 bits per heavy atom. The van der Waals surface area contributed by atoms with Gasteiger partial charge in [0, 0.05) is 50.7 Å². The predicted octanol–water partition coefficient (Wildman–Crippen LogP) is 0.125. The summed E-state index contributed by atoms with van der Waals surface area (Å²) in [5.41, 5.74) is 5.67. The molecule has 0 bridgehead atoms. The van der Waals surface area contributed by atoms with E-state index in [0.717, 1.165) is 0 Å². The maximum absolute atomic E-state index is 12.5. The van der Waals surface area contributed by atoms with Gasteiger partial charge in [-0.2, -0.15) is 4.31 Å². The van der Waals surface area contributed by atoms with Gasteiger partial charge in [-0.3, -0.25) is 9.88 Å². The molecule has 0 atom stereocenters. The highest BCUT2D eigenvalue weighted by molar-refractivity contribution is 7.89. The summed E-state index contributed by atoms with van der Waals surface area (Å²) in [6.45, 7) is 7.09. The highest BCUT2D eigenvalue weighted by atomic mass is 32.2. The summed E-state index contributed by atoms with van der Waals surface area (Å²) in [6.07, 6.45) is 2.96. The van der Waals surface area contributed by atoms with Crippen molar-refractivity contribution in [1.82, 2.24) is 14.2 Å². The zero-order valence-electron chi connectivity index (χ0n) is 12.0. The van der Waals surface area contributed by atoms with Gasteiger partial charge in [-0.05, 0) is 26.0 Å². The van der Waals surface area contributed by atoms with Crippen LogP contribution in [0.1, 0.15) is 13.8 Å². The van der Waals surface area contributed by atoms with E-state index < -0.39 is 10.0 Å². The minimum absolute atomic E-state index is 0.0931. The average molecular weight is 298 g/mol. The van der Waals surface area contributed by atoms with Gasteiger partial charge in [-0.25, -0.2) is 8.42 Å². The third-order valence-electron chi connectivity index (χ3n) is 3.87. The van der Waals surface area contributed by atoms with Crippen molar-refractivity contribution in [2.45, 2.75) is 24.3 Å². The number of piperazine rings is 1. The highest BCUT2D eigenvalue weighted by Crippen LogP contribution is 2.20. The second kappa shape index (κ2) is 5.77. The summed E-state index contributed by atoms with van der Waals surface area (Å²) in [6, 6.07) is 3.22. The van der Waals surface area contributed by atoms with Crippen LogP contribution in [-0.4, -0.2) is 60.9 Å². The molecule has 2 N–H and O–H groups in total. The van der Waals surface area contributed by atoms with Crippen LogP contribution in [0.2, 0.25) is 0 Å². The van der Waals surface area contributed by atoms with E-state index in [1.807, 2.05) is 0 Å². The van der Waals surface area contributed by atoms with Crippen LogP contribution in [0.3, 0.4) is 0 Å². The number of rotatable bonds is 4. The first-order chi connectivity index (χ1) is 9.38. The number of nitrogens with two attached hydrogens (primary N) is 1. The van der Waals surface area contributed by atoms with E-state index in [0.29, 0.717) is 32.7 Å². The predicted molar refractivity (Wildman–Crippen MR) is 77.7 cm³/mol. The fraction of sp³-hybridized carbons (Fsp3) is 0.615. The van der Waals surface area contributed by atoms with Crippen LogP contribution in [0.25, 0.3) is 0 Å². The molecular formula is C13H22N4O2S. The Labute approximate surface area is 120 Å². The van der Waals surface area contributed by atoms with Crippen LogP contribution in [0.15, 0.2) is 29.4 Å². The lowest BCUT2D eigenvalue weighted by molar-refractivity contribution is 0.0850. The van der Waals surface area contributed by atoms with E-state index in [9.17, 15) is 8.42 Å². The molecule has 20 heavy (non-hydrogen) atoms. The molecule has 1 aliphatic rings. The molecule has 1 aliphatic heterocycles. The number of nitrogens with zero attached hydrogens (tertiary/aromatic N) is 3. The first-order valence-electron chi connectivity index (χ1n) is 6.73. The fourth-order valence-corrected chi connectivity index (χ4v) is 3.70. The zero-order valence-corrected chi connectivity index (χ0v) is 12.8. The van der Waals surface area contributed by atoms with Crippen molar-refractivity contribution < 1.29 is 8.42 Å². The van der Waals surface area contributed by atoms with E-state index in [1.165, 1.54) is 10.5 Å². The Bertz CT molecular complexity index is 537. The minimum Gasteiger partial charge on any atom is -0.329 e. The fourth-order valence-electron chi connectivity index (χ4n) is 2.31. The summed E-state index contributed by atoms with van der Waals surface area (Å²) in [5.74, 6) is 0. The molecule has 0 saturated carbocycles. The largest absolute Gasteiger partial charge is 0.329 e. The van der Waals surface area contributed by atoms with Crippen LogP contribution in [0, 0.1) is 0 Å². The lowest BCUT2D eigenvalue weighted by Gasteiger charge is -2.43. The molecule has 0 aliphatic carbocycles. The van der Waals surface area contributed by atoms with Crippen molar-refractivity contribution >= 4 is 10.0 Å². The number of sulfonamides is 1. The van der Waals surface area contributed by atoms with Gasteiger partial charge in [0.25, 0.3) is 0 Å². The third kappa shape index (κ3) is 3.01. The van der Waals surface area contributed by atoms with Gasteiger partial charge >= 0.3 is 0 Å². The van der Waals surface area contributed by atoms with E-state index in [-0.39, 0.29) is 10.4 Å². The second-order valence-corrected chi connectivity index (χ2v) is 7.53. The van der Waals surface area contributed by atoms with Gasteiger partial charge < -0.3 is 5.73 Å². The van der Waals surface area contributed by atoms with Crippen molar-refractivity contribution in [3.63, 3.8) is 0 Å². The van der Waals surface area contributed by atoms with E-state index in [1.54, 1.807) is 18.3 Å². The summed E-state index contributed by atoms with van der Waals surface area (Å²) >= 11 is 0. The second-order valence-electron chi connectivity index (χ2n) is 5.60. The maximum atomic E-state index is 12.5. The monoisotopic (exact) mass is 298 g/mol. The van der Waals surface area contributed by atoms with Gasteiger partial charge in [-0.1, -0.05) is 0 Å². The molecule has 0 unspecified atom stereocenters. The molecule has 0 aromatic carbocycles. The summed E-state index contributed by atoms with van der Waals surface area (Å²) in [4.78, 5) is 6.37. The van der Waals surface area contributed by atoms with Gasteiger partial charge in [0.05, 0.1) is 0 Å². The van der Waals surface area contributed by atoms with E-state index >= 15 is 0 Å². The van der Waals surface area contributed by atoms with Gasteiger partial charge in [0.15, 0.2) is 0 Å². The number of pyridine rings is 1. The third-order valence-corrected chi connectivity index (χ3v) is 5.75. The Balaban J connectivity index is 2.08. The quantitative estimate of drug-likeness (QED) is 0.854. The summed E-state index contributed by atoms with van der Waals surface area (Å²) < 4.78 is 26.4. The lowest BCUT2D eigenvalue weighted by atomic mass is 10.0. The average Bonchev–Trinajstić information content (AvgIpc) is 2.48. The summed E-state index contributed by atoms with van der Waals surface area (Å²) in [5, 5.41) is 0. The first-order valence-corrected chi connectivity index (χ1v) is 8.17. The van der Waals surface area contributed by atoms with Crippen LogP contribution < -0.4 is 5.73 Å². The van der Waals surface area contributed by atoms with Crippen molar-refractivity contribution in [3.8, 4) is 0 Å². The number of hydrogen-bond donors (Lipinski definition) is 1. The molecule has 7 heteroatoms. The summed E-state index contributed by atoms with van der Waals surface area (Å²) in [7, 11) is -3.42. The van der Waals surface area contributed by atoms with Crippen LogP contribution in [0.5, 0.6) is 0 Å².